The van der Waals surface area contributed by atoms with Crippen LogP contribution >= 0.6 is 23.2 Å². The van der Waals surface area contributed by atoms with Crippen LogP contribution in [-0.2, 0) is 19.2 Å². The molecule has 6 atom stereocenters. The van der Waals surface area contributed by atoms with Crippen molar-refractivity contribution in [3.63, 3.8) is 0 Å². The molecule has 47 heavy (non-hydrogen) atoms. The second-order valence-corrected chi connectivity index (χ2v) is 13.2. The number of carbonyl (C=O) groups excluding carboxylic acids is 4. The lowest BCUT2D eigenvalue weighted by Gasteiger charge is -2.50. The molecular weight excluding hydrogens is 661 g/mol. The smallest absolute Gasteiger partial charge is 0.339 e. The Kier molecular flexibility index (Phi) is 6.79. The van der Waals surface area contributed by atoms with Crippen LogP contribution in [0.25, 0.3) is 0 Å². The Labute approximate surface area is 274 Å². The number of halogens is 4. The quantitative estimate of drug-likeness (QED) is 0.201. The number of phenolic OH excluding ortho intramolecular Hbond substituents is 1. The number of phenols is 2. The van der Waals surface area contributed by atoms with Crippen molar-refractivity contribution in [2.24, 2.45) is 17.8 Å². The fourth-order valence-corrected chi connectivity index (χ4v) is 8.50. The first kappa shape index (κ1) is 30.8. The summed E-state index contributed by atoms with van der Waals surface area (Å²) in [7, 11) is 0. The third kappa shape index (κ3) is 4.10. The van der Waals surface area contributed by atoms with E-state index in [1.165, 1.54) is 24.3 Å². The number of hydrogen-bond acceptors (Lipinski definition) is 7. The van der Waals surface area contributed by atoms with Crippen LogP contribution in [-0.4, -0.2) is 54.7 Å². The Morgan fingerprint density at radius 3 is 2.13 bits per heavy atom. The largest absolute Gasteiger partial charge is 0.507 e. The van der Waals surface area contributed by atoms with Crippen molar-refractivity contribution in [3.8, 4) is 11.5 Å². The number of benzene rings is 3. The Morgan fingerprint density at radius 1 is 0.809 bits per heavy atom. The highest BCUT2D eigenvalue weighted by atomic mass is 35.5. The molecule has 2 aliphatic carbocycles. The van der Waals surface area contributed by atoms with Crippen LogP contribution in [0.1, 0.15) is 34.7 Å². The minimum atomic E-state index is -2.29. The van der Waals surface area contributed by atoms with Gasteiger partial charge in [0.25, 0.3) is 11.8 Å². The van der Waals surface area contributed by atoms with Crippen molar-refractivity contribution >= 4 is 64.2 Å². The first-order valence-electron chi connectivity index (χ1n) is 14.4. The minimum Gasteiger partial charge on any atom is -0.507 e. The number of hydrogen-bond donors (Lipinski definition) is 3. The number of rotatable bonds is 4. The molecular formula is C33H22Cl2F2N2O8. The number of carbonyl (C=O) groups is 5. The Balaban J connectivity index is 1.37. The fourth-order valence-electron chi connectivity index (χ4n) is 7.57. The molecule has 0 aromatic heterocycles. The van der Waals surface area contributed by atoms with E-state index in [4.69, 9.17) is 23.2 Å². The molecule has 0 radical (unpaired) electrons. The third-order valence-corrected chi connectivity index (χ3v) is 11.1. The average Bonchev–Trinajstić information content (AvgIpc) is 3.36. The zero-order chi connectivity index (χ0) is 33.7. The van der Waals surface area contributed by atoms with Gasteiger partial charge >= 0.3 is 5.97 Å². The maximum atomic E-state index is 14.8. The number of allylic oxidation sites excluding steroid dienone is 2. The molecule has 240 valence electrons. The molecule has 3 aromatic rings. The van der Waals surface area contributed by atoms with E-state index < -0.39 is 91.7 Å². The number of aromatic hydroxyl groups is 2. The Morgan fingerprint density at radius 2 is 1.49 bits per heavy atom. The van der Waals surface area contributed by atoms with E-state index in [1.54, 1.807) is 6.08 Å². The van der Waals surface area contributed by atoms with Gasteiger partial charge in [0.1, 0.15) is 17.1 Å². The van der Waals surface area contributed by atoms with Gasteiger partial charge in [-0.3, -0.25) is 19.2 Å². The van der Waals surface area contributed by atoms with Gasteiger partial charge in [0.2, 0.25) is 11.8 Å². The van der Waals surface area contributed by atoms with Gasteiger partial charge in [0.15, 0.2) is 21.3 Å². The van der Waals surface area contributed by atoms with Gasteiger partial charge < -0.3 is 15.3 Å². The highest BCUT2D eigenvalue weighted by molar-refractivity contribution is 6.58. The second-order valence-electron chi connectivity index (χ2n) is 12.0. The molecule has 10 nitrogen and oxygen atoms in total. The second kappa shape index (κ2) is 10.3. The fraction of sp³-hybridized carbons (Fsp3) is 0.242. The molecule has 0 spiro atoms. The van der Waals surface area contributed by atoms with Gasteiger partial charge in [0.05, 0.1) is 23.2 Å². The van der Waals surface area contributed by atoms with Gasteiger partial charge in [-0.1, -0.05) is 17.7 Å². The summed E-state index contributed by atoms with van der Waals surface area (Å²) in [5, 5.41) is 29.5. The maximum Gasteiger partial charge on any atom is 0.339 e. The molecule has 4 aliphatic rings. The number of nitrogens with zero attached hydrogens (tertiary/aromatic N) is 2. The van der Waals surface area contributed by atoms with Crippen LogP contribution < -0.4 is 9.80 Å². The van der Waals surface area contributed by atoms with Gasteiger partial charge in [-0.05, 0) is 72.9 Å². The van der Waals surface area contributed by atoms with Gasteiger partial charge in [-0.25, -0.2) is 23.4 Å². The lowest BCUT2D eigenvalue weighted by molar-refractivity contribution is -0.125. The summed E-state index contributed by atoms with van der Waals surface area (Å²) in [4.78, 5) is 64.8. The Hall–Kier alpha value is -4.81. The molecule has 0 bridgehead atoms. The summed E-state index contributed by atoms with van der Waals surface area (Å²) in [6.45, 7) is 0. The summed E-state index contributed by atoms with van der Waals surface area (Å²) in [5.74, 6) is -12.1. The molecule has 3 N–H and O–H groups in total. The monoisotopic (exact) mass is 682 g/mol. The molecule has 2 saturated heterocycles. The van der Waals surface area contributed by atoms with Gasteiger partial charge in [-0.2, -0.15) is 0 Å². The van der Waals surface area contributed by atoms with E-state index >= 15 is 0 Å². The predicted molar refractivity (Wildman–Crippen MR) is 162 cm³/mol. The summed E-state index contributed by atoms with van der Waals surface area (Å²) in [5.41, 5.74) is -0.114. The van der Waals surface area contributed by atoms with Crippen LogP contribution in [0, 0.1) is 29.4 Å². The van der Waals surface area contributed by atoms with Crippen molar-refractivity contribution in [1.29, 1.82) is 0 Å². The topological polar surface area (TPSA) is 153 Å². The van der Waals surface area contributed by atoms with E-state index in [0.717, 1.165) is 46.2 Å². The predicted octanol–water partition coefficient (Wildman–Crippen LogP) is 4.84. The van der Waals surface area contributed by atoms with E-state index in [0.29, 0.717) is 5.57 Å². The van der Waals surface area contributed by atoms with Gasteiger partial charge in [-0.15, -0.1) is 23.2 Å². The molecule has 3 aromatic carbocycles. The Bertz CT molecular complexity index is 1990. The van der Waals surface area contributed by atoms with E-state index in [9.17, 15) is 48.1 Å². The SMILES string of the molecule is O=C(O)c1ccc(N2C(=O)[C@H]3[C@H](CC=C4[C@H]3C[C@@]3(Cl)C(=O)N(c5ccc(F)cc5)C(=O)[C@@]3(Cl)[C@H]4c3ccc(O)c(F)c3)C2=O)cc1O. The van der Waals surface area contributed by atoms with Crippen LogP contribution in [0.2, 0.25) is 0 Å². The maximum absolute atomic E-state index is 14.8. The van der Waals surface area contributed by atoms with Crippen LogP contribution in [0.4, 0.5) is 20.2 Å². The van der Waals surface area contributed by atoms with E-state index in [1.807, 2.05) is 0 Å². The first-order valence-corrected chi connectivity index (χ1v) is 15.1. The van der Waals surface area contributed by atoms with Crippen molar-refractivity contribution in [2.45, 2.75) is 28.5 Å². The molecule has 14 heteroatoms. The number of anilines is 2. The molecule has 4 amide bonds. The molecule has 7 rings (SSSR count). The summed E-state index contributed by atoms with van der Waals surface area (Å²) >= 11 is 14.4. The van der Waals surface area contributed by atoms with Gasteiger partial charge in [0, 0.05) is 12.0 Å². The van der Waals surface area contributed by atoms with Crippen molar-refractivity contribution in [2.75, 3.05) is 9.80 Å². The highest BCUT2D eigenvalue weighted by Gasteiger charge is 2.76. The molecule has 3 fully saturated rings. The number of alkyl halides is 2. The lowest BCUT2D eigenvalue weighted by atomic mass is 9.56. The number of fused-ring (bicyclic) bond motifs is 4. The summed E-state index contributed by atoms with van der Waals surface area (Å²) in [6.07, 6.45) is 1.22. The number of amides is 4. The number of carboxylic acids is 1. The van der Waals surface area contributed by atoms with E-state index in [-0.39, 0.29) is 29.8 Å². The zero-order valence-corrected chi connectivity index (χ0v) is 25.4. The molecule has 1 saturated carbocycles. The van der Waals surface area contributed by atoms with Crippen molar-refractivity contribution in [1.82, 2.24) is 0 Å². The minimum absolute atomic E-state index is 0.0140. The molecule has 0 unspecified atom stereocenters. The summed E-state index contributed by atoms with van der Waals surface area (Å²) < 4.78 is 28.6. The number of imide groups is 2. The molecule has 2 heterocycles. The van der Waals surface area contributed by atoms with E-state index in [2.05, 4.69) is 0 Å². The van der Waals surface area contributed by atoms with Crippen molar-refractivity contribution < 1.29 is 48.1 Å². The molecule has 2 aliphatic heterocycles. The highest BCUT2D eigenvalue weighted by Crippen LogP contribution is 2.66. The van der Waals surface area contributed by atoms with Crippen LogP contribution in [0.15, 0.2) is 72.3 Å². The zero-order valence-electron chi connectivity index (χ0n) is 23.9. The number of carboxylic acid groups (broad SMARTS) is 1. The average molecular weight is 683 g/mol. The standard InChI is InChI=1S/C33H22Cl2F2N2O8/c34-32-13-21-18(8-9-20-25(21)28(43)38(27(20)42)17-6-7-19(29(44)45)24(41)12-17)26(14-1-10-23(40)22(37)11-14)33(32,35)31(47)39(30(32)46)16-4-2-15(36)3-5-16/h1-8,10-12,20-21,25-26,40-41H,9,13H2,(H,44,45)/t20-,21+,25-,26-,32+,33-/m0/s1. The normalized spacial score (nSPS) is 29.8. The lowest BCUT2D eigenvalue weighted by Crippen LogP contribution is -2.60. The van der Waals surface area contributed by atoms with Crippen LogP contribution in [0.5, 0.6) is 11.5 Å². The number of aromatic carboxylic acids is 1. The van der Waals surface area contributed by atoms with Crippen molar-refractivity contribution in [3.05, 3.63) is 95.1 Å². The van der Waals surface area contributed by atoms with Crippen LogP contribution in [0.3, 0.4) is 0 Å². The third-order valence-electron chi connectivity index (χ3n) is 9.67. The summed E-state index contributed by atoms with van der Waals surface area (Å²) in [6, 6.07) is 11.0. The first-order chi connectivity index (χ1) is 22.2.